The smallest absolute Gasteiger partial charge is 0.258 e. The van der Waals surface area contributed by atoms with Gasteiger partial charge in [-0.3, -0.25) is 9.59 Å². The number of hydrogen-bond donors (Lipinski definition) is 0. The fraction of sp³-hybridized carbons (Fsp3) is 0.364. The van der Waals surface area contributed by atoms with Crippen molar-refractivity contribution in [3.63, 3.8) is 0 Å². The third-order valence-electron chi connectivity index (χ3n) is 5.29. The molecule has 6 nitrogen and oxygen atoms in total. The van der Waals surface area contributed by atoms with Crippen molar-refractivity contribution >= 4 is 35.0 Å². The summed E-state index contributed by atoms with van der Waals surface area (Å²) in [7, 11) is 3.03. The van der Waals surface area contributed by atoms with Crippen molar-refractivity contribution in [1.29, 1.82) is 0 Å². The molecule has 0 bridgehead atoms. The summed E-state index contributed by atoms with van der Waals surface area (Å²) in [5.74, 6) is 0.570. The maximum absolute atomic E-state index is 13.2. The molecule has 0 spiro atoms. The predicted molar refractivity (Wildman–Crippen MR) is 117 cm³/mol. The summed E-state index contributed by atoms with van der Waals surface area (Å²) >= 11 is 12.2. The lowest BCUT2D eigenvalue weighted by atomic mass is 10.0. The Morgan fingerprint density at radius 1 is 0.800 bits per heavy atom. The minimum Gasteiger partial charge on any atom is -0.496 e. The van der Waals surface area contributed by atoms with E-state index < -0.39 is 0 Å². The molecule has 3 rings (SSSR count). The van der Waals surface area contributed by atoms with Crippen molar-refractivity contribution < 1.29 is 19.1 Å². The van der Waals surface area contributed by atoms with Gasteiger partial charge in [0.25, 0.3) is 11.8 Å². The average molecular weight is 451 g/mol. The highest BCUT2D eigenvalue weighted by atomic mass is 35.5. The fourth-order valence-corrected chi connectivity index (χ4v) is 4.04. The van der Waals surface area contributed by atoms with Crippen LogP contribution in [0.15, 0.2) is 36.4 Å². The summed E-state index contributed by atoms with van der Waals surface area (Å²) in [6.45, 7) is 4.58. The Balaban J connectivity index is 1.84. The number of carbonyl (C=O) groups is 2. The van der Waals surface area contributed by atoms with Gasteiger partial charge in [-0.1, -0.05) is 23.2 Å². The Kier molecular flexibility index (Phi) is 6.78. The van der Waals surface area contributed by atoms with Gasteiger partial charge in [-0.25, -0.2) is 0 Å². The van der Waals surface area contributed by atoms with Crippen LogP contribution in [0.5, 0.6) is 11.5 Å². The number of benzene rings is 2. The summed E-state index contributed by atoms with van der Waals surface area (Å²) in [5, 5.41) is 0.920. The van der Waals surface area contributed by atoms with E-state index in [0.29, 0.717) is 45.8 Å². The topological polar surface area (TPSA) is 59.1 Å². The van der Waals surface area contributed by atoms with Crippen molar-refractivity contribution in [2.24, 2.45) is 0 Å². The molecule has 0 saturated carbocycles. The molecule has 0 N–H and O–H groups in total. The molecule has 0 aliphatic carbocycles. The van der Waals surface area contributed by atoms with Crippen molar-refractivity contribution in [3.05, 3.63) is 57.6 Å². The highest BCUT2D eigenvalue weighted by Crippen LogP contribution is 2.29. The van der Waals surface area contributed by atoms with Crippen LogP contribution in [0.2, 0.25) is 10.0 Å². The van der Waals surface area contributed by atoms with E-state index in [1.807, 2.05) is 13.8 Å². The predicted octanol–water partition coefficient (Wildman–Crippen LogP) is 4.39. The molecular weight excluding hydrogens is 427 g/mol. The van der Waals surface area contributed by atoms with Crippen molar-refractivity contribution in [1.82, 2.24) is 9.80 Å². The zero-order chi connectivity index (χ0) is 22.0. The number of ether oxygens (including phenoxy) is 2. The molecular formula is C22H24Cl2N2O4. The first-order valence-corrected chi connectivity index (χ1v) is 10.3. The Morgan fingerprint density at radius 2 is 1.17 bits per heavy atom. The van der Waals surface area contributed by atoms with E-state index in [9.17, 15) is 9.59 Å². The Morgan fingerprint density at radius 3 is 1.50 bits per heavy atom. The number of carbonyl (C=O) groups excluding carboxylic acids is 2. The lowest BCUT2D eigenvalue weighted by Gasteiger charge is -2.44. The Hall–Kier alpha value is -2.44. The lowest BCUT2D eigenvalue weighted by Crippen LogP contribution is -2.59. The van der Waals surface area contributed by atoms with Crippen molar-refractivity contribution in [2.45, 2.75) is 25.9 Å². The third-order valence-corrected chi connectivity index (χ3v) is 5.76. The van der Waals surface area contributed by atoms with Gasteiger partial charge in [0.2, 0.25) is 0 Å². The molecule has 2 aromatic rings. The summed E-state index contributed by atoms with van der Waals surface area (Å²) in [6, 6.07) is 9.52. The largest absolute Gasteiger partial charge is 0.496 e. The average Bonchev–Trinajstić information content (AvgIpc) is 2.74. The van der Waals surface area contributed by atoms with Crippen LogP contribution >= 0.6 is 23.2 Å². The van der Waals surface area contributed by atoms with Crippen LogP contribution in [-0.4, -0.2) is 61.0 Å². The van der Waals surface area contributed by atoms with Gasteiger partial charge in [0.05, 0.1) is 25.3 Å². The maximum Gasteiger partial charge on any atom is 0.258 e. The van der Waals surface area contributed by atoms with Gasteiger partial charge in [-0.2, -0.15) is 0 Å². The highest BCUT2D eigenvalue weighted by molar-refractivity contribution is 6.31. The van der Waals surface area contributed by atoms with Crippen LogP contribution in [0, 0.1) is 0 Å². The number of nitrogens with zero attached hydrogens (tertiary/aromatic N) is 2. The fourth-order valence-electron chi connectivity index (χ4n) is 3.70. The highest BCUT2D eigenvalue weighted by Gasteiger charge is 2.36. The van der Waals surface area contributed by atoms with E-state index in [1.54, 1.807) is 46.2 Å². The van der Waals surface area contributed by atoms with E-state index >= 15 is 0 Å². The van der Waals surface area contributed by atoms with Gasteiger partial charge < -0.3 is 19.3 Å². The standard InChI is InChI=1S/C22H24Cl2N2O4/c1-13-11-26(22(28)18-10-16(24)6-8-20(18)30-4)14(2)12-25(13)21(27)17-9-15(23)5-7-19(17)29-3/h5-10,13-14H,11-12H2,1-4H3. The summed E-state index contributed by atoms with van der Waals surface area (Å²) in [4.78, 5) is 29.9. The number of amides is 2. The van der Waals surface area contributed by atoms with E-state index in [4.69, 9.17) is 32.7 Å². The number of piperazine rings is 1. The van der Waals surface area contributed by atoms with Gasteiger partial charge in [0.15, 0.2) is 0 Å². The SMILES string of the molecule is COc1ccc(Cl)cc1C(=O)N1CC(C)N(C(=O)c2cc(Cl)ccc2OC)CC1C. The van der Waals surface area contributed by atoms with Crippen LogP contribution in [0.3, 0.4) is 0 Å². The van der Waals surface area contributed by atoms with Gasteiger partial charge in [0, 0.05) is 35.2 Å². The van der Waals surface area contributed by atoms with Crippen LogP contribution in [0.25, 0.3) is 0 Å². The molecule has 1 saturated heterocycles. The van der Waals surface area contributed by atoms with E-state index in [2.05, 4.69) is 0 Å². The molecule has 1 aliphatic heterocycles. The molecule has 2 aromatic carbocycles. The zero-order valence-electron chi connectivity index (χ0n) is 17.3. The van der Waals surface area contributed by atoms with Gasteiger partial charge in [-0.05, 0) is 50.2 Å². The van der Waals surface area contributed by atoms with E-state index in [1.165, 1.54) is 14.2 Å². The number of methoxy groups -OCH3 is 2. The minimum atomic E-state index is -0.202. The molecule has 2 amide bonds. The van der Waals surface area contributed by atoms with Crippen molar-refractivity contribution in [3.8, 4) is 11.5 Å². The first-order chi connectivity index (χ1) is 14.3. The number of rotatable bonds is 4. The van der Waals surface area contributed by atoms with Gasteiger partial charge in [-0.15, -0.1) is 0 Å². The van der Waals surface area contributed by atoms with Crippen LogP contribution < -0.4 is 9.47 Å². The molecule has 0 aromatic heterocycles. The van der Waals surface area contributed by atoms with Crippen LogP contribution in [0.1, 0.15) is 34.6 Å². The summed E-state index contributed by atoms with van der Waals surface area (Å²) in [6.07, 6.45) is 0. The molecule has 0 radical (unpaired) electrons. The number of halogens is 2. The monoisotopic (exact) mass is 450 g/mol. The molecule has 1 fully saturated rings. The van der Waals surface area contributed by atoms with Crippen LogP contribution in [0.4, 0.5) is 0 Å². The lowest BCUT2D eigenvalue weighted by molar-refractivity contribution is 0.0266. The van der Waals surface area contributed by atoms with Gasteiger partial charge in [0.1, 0.15) is 11.5 Å². The van der Waals surface area contributed by atoms with Crippen LogP contribution in [-0.2, 0) is 0 Å². The summed E-state index contributed by atoms with van der Waals surface area (Å²) < 4.78 is 10.7. The van der Waals surface area contributed by atoms with E-state index in [-0.39, 0.29) is 23.9 Å². The zero-order valence-corrected chi connectivity index (χ0v) is 18.8. The molecule has 30 heavy (non-hydrogen) atoms. The quantitative estimate of drug-likeness (QED) is 0.692. The molecule has 2 atom stereocenters. The second-order valence-corrected chi connectivity index (χ2v) is 8.18. The third kappa shape index (κ3) is 4.35. The molecule has 160 valence electrons. The van der Waals surface area contributed by atoms with E-state index in [0.717, 1.165) is 0 Å². The molecule has 1 heterocycles. The maximum atomic E-state index is 13.2. The molecule has 2 unspecified atom stereocenters. The van der Waals surface area contributed by atoms with Gasteiger partial charge >= 0.3 is 0 Å². The normalized spacial score (nSPS) is 18.9. The first kappa shape index (κ1) is 22.2. The summed E-state index contributed by atoms with van der Waals surface area (Å²) in [5.41, 5.74) is 0.806. The minimum absolute atomic E-state index is 0.180. The molecule has 8 heteroatoms. The Bertz CT molecular complexity index is 889. The Labute approximate surface area is 186 Å². The second kappa shape index (κ2) is 9.14. The second-order valence-electron chi connectivity index (χ2n) is 7.30. The number of hydrogen-bond acceptors (Lipinski definition) is 4. The van der Waals surface area contributed by atoms with Crippen molar-refractivity contribution in [2.75, 3.05) is 27.3 Å². The molecule has 1 aliphatic rings. The first-order valence-electron chi connectivity index (χ1n) is 9.55.